The predicted octanol–water partition coefficient (Wildman–Crippen LogP) is 6.62. The van der Waals surface area contributed by atoms with E-state index < -0.39 is 0 Å². The number of ether oxygens (including phenoxy) is 9. The van der Waals surface area contributed by atoms with Gasteiger partial charge in [-0.15, -0.1) is 11.6 Å². The average molecular weight is 1780 g/mol. The minimum absolute atomic E-state index is 0. The molecular formula is C91H99Cl3I2O14. The highest BCUT2D eigenvalue weighted by atomic mass is 127. The number of esters is 3. The topological polar surface area (TPSA) is 175 Å². The van der Waals surface area contributed by atoms with E-state index in [4.69, 9.17) is 54.2 Å². The summed E-state index contributed by atoms with van der Waals surface area (Å²) in [7, 11) is 0. The largest absolute Gasteiger partial charge is 1.00 e. The highest BCUT2D eigenvalue weighted by Gasteiger charge is 2.59. The van der Waals surface area contributed by atoms with Gasteiger partial charge in [-0.25, -0.2) is 9.59 Å². The lowest BCUT2D eigenvalue weighted by Gasteiger charge is -2.59. The van der Waals surface area contributed by atoms with Crippen LogP contribution < -0.4 is 95.6 Å². The standard InChI is InChI=1S/C52H58IO8.C26H21IO4.C13H19ClO2.2ClH/c1-51(39-21-35-19-36(23-39)24-40(51)22-35)60-49(54)31-58-45-11-3-33(4-12-45)29-56-47-15-7-43(8-16-47)53-44-9-17-48(18-10-44)57-30-34-5-13-46(14-6-34)59-32-50(55)61-52(2)41-25-37-20-38(27-41)28-42(52)26-37;28-23-9-1-19(2-10-23)17-30-25-13-5-21(6-14-25)27-22-7-15-26(16-8-22)31-18-20-3-11-24(29)12-4-20;1-13(16-12(15)7-14)10-3-8-2-9(5-10)6-11(13)4-8;;/h3-18,35-42H,19-32H2,1-2H3;1-16H,17-18H2,(H-,28,29);8-11H,2-7H2,1H3;2*1H/q+1;;;;/p-1. The Morgan fingerprint density at radius 3 is 0.736 bits per heavy atom. The van der Waals surface area contributed by atoms with E-state index in [1.165, 1.54) is 111 Å². The Kier molecular flexibility index (Phi) is 26.8. The number of phenols is 2. The van der Waals surface area contributed by atoms with Gasteiger partial charge in [0.2, 0.25) is 0 Å². The van der Waals surface area contributed by atoms with E-state index in [1.807, 2.05) is 121 Å². The summed E-state index contributed by atoms with van der Waals surface area (Å²) in [5.41, 5.74) is 3.20. The summed E-state index contributed by atoms with van der Waals surface area (Å²) < 4.78 is 58.7. The average Bonchev–Trinajstić information content (AvgIpc) is 0.746. The minimum atomic E-state index is -0.359. The summed E-state index contributed by atoms with van der Waals surface area (Å²) in [5, 5.41) is 18.7. The zero-order valence-corrected chi connectivity index (χ0v) is 69.2. The lowest BCUT2D eigenvalue weighted by molar-refractivity contribution is -0.597. The maximum atomic E-state index is 12.9. The molecule has 20 rings (SSSR count). The quantitative estimate of drug-likeness (QED) is 0.0256. The van der Waals surface area contributed by atoms with E-state index in [0.29, 0.717) is 73.4 Å². The molecule has 0 amide bonds. The predicted molar refractivity (Wildman–Crippen MR) is 403 cm³/mol. The first-order valence-electron chi connectivity index (χ1n) is 38.8. The van der Waals surface area contributed by atoms with Crippen molar-refractivity contribution in [2.45, 2.75) is 160 Å². The molecule has 0 aromatic heterocycles. The Hall–Kier alpha value is -7.10. The Balaban J connectivity index is 0.000000179. The SMILES string of the molecule is CC1(OC(=O)CCl)C2CC3CC(C2)CC1C3.CC1(OC(=O)COc2ccc(COc3ccc([I+]c4ccc(OCc5ccc(OCC(=O)OC6(C)C7CC8CC(C7)CC6C8)cc5)cc4)cc3)cc2)C2CC3CC(C2)CC1C3.Oc1ccc(COc2ccc([I+]c3ccc(OCc4ccc(O)cc4)cc3)cc2)cc1.[Cl-].[Cl-]. The fourth-order valence-corrected chi connectivity index (χ4v) is 24.2. The summed E-state index contributed by atoms with van der Waals surface area (Å²) in [6, 6.07) is 62.7. The third-order valence-electron chi connectivity index (χ3n) is 25.1. The molecule has 12 fully saturated rings. The van der Waals surface area contributed by atoms with Crippen molar-refractivity contribution < 1.29 is 134 Å². The normalized spacial score (nSPS) is 27.6. The zero-order valence-electron chi connectivity index (χ0n) is 62.6. The van der Waals surface area contributed by atoms with Crippen molar-refractivity contribution in [1.82, 2.24) is 0 Å². The van der Waals surface area contributed by atoms with E-state index in [2.05, 4.69) is 69.3 Å². The fourth-order valence-electron chi connectivity index (χ4n) is 19.8. The summed E-state index contributed by atoms with van der Waals surface area (Å²) >= 11 is 4.91. The maximum absolute atomic E-state index is 12.9. The van der Waals surface area contributed by atoms with Gasteiger partial charge in [-0.2, -0.15) is 0 Å². The first-order chi connectivity index (χ1) is 52.4. The highest BCUT2D eigenvalue weighted by Crippen LogP contribution is 2.62. The molecule has 8 aromatic rings. The van der Waals surface area contributed by atoms with Gasteiger partial charge < -0.3 is 77.7 Å². The van der Waals surface area contributed by atoms with Crippen molar-refractivity contribution in [3.05, 3.63) is 231 Å². The summed E-state index contributed by atoms with van der Waals surface area (Å²) in [5.74, 6) is 12.7. The second kappa shape index (κ2) is 36.4. The highest BCUT2D eigenvalue weighted by molar-refractivity contribution is 6.26. The third-order valence-corrected chi connectivity index (χ3v) is 30.7. The van der Waals surface area contributed by atoms with E-state index in [1.54, 1.807) is 24.3 Å². The smallest absolute Gasteiger partial charge is 0.357 e. The molecule has 0 heterocycles. The molecule has 14 nitrogen and oxygen atoms in total. The van der Waals surface area contributed by atoms with Crippen molar-refractivity contribution in [3.8, 4) is 46.0 Å². The molecule has 19 heteroatoms. The van der Waals surface area contributed by atoms with Gasteiger partial charge in [0.05, 0.1) is 0 Å². The second-order valence-corrected chi connectivity index (χ2v) is 38.7. The van der Waals surface area contributed by atoms with Crippen LogP contribution in [-0.2, 0) is 55.0 Å². The Labute approximate surface area is 685 Å². The second-order valence-electron chi connectivity index (χ2n) is 32.4. The number of carbonyl (C=O) groups is 3. The summed E-state index contributed by atoms with van der Waals surface area (Å²) in [6.07, 6.45) is 18.9. The van der Waals surface area contributed by atoms with Crippen LogP contribution in [0.1, 0.15) is 139 Å². The molecule has 0 aliphatic heterocycles. The minimum Gasteiger partial charge on any atom is -1.00 e. The van der Waals surface area contributed by atoms with Gasteiger partial charge in [-0.3, -0.25) is 4.79 Å². The molecular weight excluding hydrogens is 1680 g/mol. The Morgan fingerprint density at radius 2 is 0.509 bits per heavy atom. The van der Waals surface area contributed by atoms with Crippen molar-refractivity contribution >= 4 is 29.5 Å². The first kappa shape index (κ1) is 80.9. The van der Waals surface area contributed by atoms with Crippen molar-refractivity contribution in [3.63, 3.8) is 0 Å². The molecule has 0 radical (unpaired) electrons. The number of hydrogen-bond donors (Lipinski definition) is 2. The molecule has 12 saturated carbocycles. The number of carbonyl (C=O) groups excluding carboxylic acids is 3. The molecule has 12 aliphatic carbocycles. The third kappa shape index (κ3) is 20.1. The molecule has 12 bridgehead atoms. The summed E-state index contributed by atoms with van der Waals surface area (Å²) in [6.45, 7) is 8.17. The van der Waals surface area contributed by atoms with Crippen LogP contribution in [0.2, 0.25) is 0 Å². The molecule has 582 valence electrons. The number of halogens is 5. The molecule has 2 N–H and O–H groups in total. The molecule has 0 atom stereocenters. The van der Waals surface area contributed by atoms with Crippen LogP contribution in [0, 0.1) is 85.3 Å². The zero-order chi connectivity index (χ0) is 74.4. The Morgan fingerprint density at radius 1 is 0.309 bits per heavy atom. The van der Waals surface area contributed by atoms with E-state index in [9.17, 15) is 24.6 Å². The van der Waals surface area contributed by atoms with Gasteiger partial charge in [0, 0.05) is 0 Å². The van der Waals surface area contributed by atoms with Crippen LogP contribution in [-0.4, -0.2) is 64.0 Å². The monoisotopic (exact) mass is 1770 g/mol. The molecule has 8 aromatic carbocycles. The van der Waals surface area contributed by atoms with Crippen LogP contribution >= 0.6 is 11.6 Å². The first-order valence-corrected chi connectivity index (χ1v) is 43.6. The van der Waals surface area contributed by atoms with Gasteiger partial charge in [-0.1, -0.05) is 48.5 Å². The van der Waals surface area contributed by atoms with Crippen LogP contribution in [0.25, 0.3) is 0 Å². The number of hydrogen-bond acceptors (Lipinski definition) is 14. The number of alkyl halides is 1. The van der Waals surface area contributed by atoms with Crippen LogP contribution in [0.5, 0.6) is 46.0 Å². The molecule has 0 saturated heterocycles. The molecule has 0 unspecified atom stereocenters. The van der Waals surface area contributed by atoms with Gasteiger partial charge >= 0.3 is 60.3 Å². The maximum Gasteiger partial charge on any atom is 0.357 e. The lowest BCUT2D eigenvalue weighted by atomic mass is 9.50. The Bertz CT molecular complexity index is 4010. The number of phenolic OH excluding ortho intramolecular Hbond substituents is 2. The van der Waals surface area contributed by atoms with E-state index >= 15 is 0 Å². The van der Waals surface area contributed by atoms with Crippen molar-refractivity contribution in [1.29, 1.82) is 0 Å². The number of benzene rings is 8. The van der Waals surface area contributed by atoms with Crippen LogP contribution in [0.15, 0.2) is 194 Å². The van der Waals surface area contributed by atoms with Crippen LogP contribution in [0.3, 0.4) is 0 Å². The van der Waals surface area contributed by atoms with Gasteiger partial charge in [0.1, 0.15) is 95.1 Å². The summed E-state index contributed by atoms with van der Waals surface area (Å²) in [4.78, 5) is 37.2. The van der Waals surface area contributed by atoms with Gasteiger partial charge in [-0.05, 0) is 356 Å². The van der Waals surface area contributed by atoms with Crippen molar-refractivity contribution in [2.24, 2.45) is 71.0 Å². The fraction of sp³-hybridized carbons (Fsp3) is 0.440. The van der Waals surface area contributed by atoms with Gasteiger partial charge in [0.25, 0.3) is 0 Å². The van der Waals surface area contributed by atoms with Gasteiger partial charge in [0.15, 0.2) is 27.5 Å². The number of rotatable bonds is 26. The van der Waals surface area contributed by atoms with E-state index in [-0.39, 0.29) is 133 Å². The molecule has 0 spiro atoms. The van der Waals surface area contributed by atoms with Crippen molar-refractivity contribution in [2.75, 3.05) is 19.1 Å². The molecule has 110 heavy (non-hydrogen) atoms. The molecule has 12 aliphatic rings. The lowest BCUT2D eigenvalue weighted by Crippen LogP contribution is -3.61. The number of aromatic hydroxyl groups is 2. The van der Waals surface area contributed by atoms with E-state index in [0.717, 1.165) is 80.8 Å². The van der Waals surface area contributed by atoms with Crippen LogP contribution in [0.4, 0.5) is 0 Å².